The molecule has 3 aliphatic rings. The highest BCUT2D eigenvalue weighted by molar-refractivity contribution is 7.16. The molecule has 3 saturated carbocycles. The average molecular weight is 1350 g/mol. The van der Waals surface area contributed by atoms with Gasteiger partial charge in [0.05, 0.1) is 66.2 Å². The summed E-state index contributed by atoms with van der Waals surface area (Å²) in [5.41, 5.74) is 4.05. The standard InChI is InChI=1S/C25H27NO6.C25H27NO5S.C24H26N2O5S/c27-24(28)10-2-1-5-13-30-21-8-4-3-7-18(21)16-26(20-11-12-20)25(29)23-15-19(17-32-23)22-9-6-14-31-22;27-24(28)6-2-1-3-13-31-23-17-32-16-20(23)15-26(21-11-12-21)25(29)19-9-7-18(8-10-19)22-5-4-14-30-22;27-22(28)10-2-1-5-13-30-19-8-4-3-7-17(19)16-26(18-11-12-18)24(29)23-25-15-21(32-23)20-9-6-14-31-20/h3-4,6-9,14-15,17,20H,1-2,5,10-13,16H2,(H,27,28);4-5,7-10,14,16-17,21H,1-3,6,11-13,15H2,(H,27,28);3-4,6-9,14-15,18H,1-2,5,10-13,16H2,(H,27,28)/i16D;15D;16D. The van der Waals surface area contributed by atoms with E-state index in [0.717, 1.165) is 93.3 Å². The first-order valence-electron chi connectivity index (χ1n) is 34.1. The summed E-state index contributed by atoms with van der Waals surface area (Å²) < 4.78 is 66.2. The quantitative estimate of drug-likeness (QED) is 0.0308. The number of hydrogen-bond acceptors (Lipinski definition) is 16. The van der Waals surface area contributed by atoms with Gasteiger partial charge in [0.2, 0.25) is 0 Å². The lowest BCUT2D eigenvalue weighted by atomic mass is 10.1. The molecule has 0 aliphatic heterocycles. The van der Waals surface area contributed by atoms with Crippen LogP contribution in [0.25, 0.3) is 33.3 Å². The van der Waals surface area contributed by atoms with E-state index < -0.39 is 37.5 Å². The maximum Gasteiger partial charge on any atom is 0.303 e. The van der Waals surface area contributed by atoms with E-state index in [-0.39, 0.29) is 60.9 Å². The number of ether oxygens (including phenoxy) is 3. The molecule has 96 heavy (non-hydrogen) atoms. The molecule has 12 rings (SSSR count). The Hall–Kier alpha value is -9.67. The van der Waals surface area contributed by atoms with E-state index in [0.29, 0.717) is 101 Å². The third-order valence-electron chi connectivity index (χ3n) is 15.7. The van der Waals surface area contributed by atoms with Crippen molar-refractivity contribution in [3.8, 4) is 50.5 Å². The number of thiophene rings is 1. The topological polar surface area (TPSA) is 266 Å². The van der Waals surface area contributed by atoms with Crippen molar-refractivity contribution in [2.75, 3.05) is 19.8 Å². The van der Waals surface area contributed by atoms with E-state index in [2.05, 4.69) is 4.98 Å². The number of para-hydroxylation sites is 2. The Morgan fingerprint density at radius 3 is 1.43 bits per heavy atom. The number of benzene rings is 3. The number of amides is 3. The Bertz CT molecular complexity index is 3860. The molecule has 3 atom stereocenters. The molecule has 3 aliphatic carbocycles. The SMILES string of the molecule is [2H]C(c1ccccc1OCCCCCC(=O)O)N(C(=O)c1cc(-c2ccco2)co1)C1CC1.[2H]C(c1ccccc1OCCCCCC(=O)O)N(C(=O)c1ncc(-c2ccco2)s1)C1CC1.[2H]C(c1cscc1OCCCCCC(=O)O)N(C(=O)c1ccc(-c2ccco2)cc1)C1CC1. The van der Waals surface area contributed by atoms with E-state index in [9.17, 15) is 28.8 Å². The van der Waals surface area contributed by atoms with Crippen LogP contribution in [-0.2, 0) is 33.9 Å². The second-order valence-corrected chi connectivity index (χ2v) is 25.2. The number of carboxylic acid groups (broad SMARTS) is 3. The Kier molecular flexibility index (Phi) is 23.8. The van der Waals surface area contributed by atoms with Gasteiger partial charge in [-0.3, -0.25) is 28.8 Å². The zero-order valence-electron chi connectivity index (χ0n) is 56.1. The van der Waals surface area contributed by atoms with Gasteiger partial charge >= 0.3 is 17.9 Å². The number of aliphatic carboxylic acids is 3. The van der Waals surface area contributed by atoms with Crippen LogP contribution in [0.1, 0.15) is 167 Å². The smallest absolute Gasteiger partial charge is 0.303 e. The average Bonchev–Trinajstić information content (AvgIpc) is 1.68. The molecule has 6 heterocycles. The number of unbranched alkanes of at least 4 members (excludes halogenated alkanes) is 6. The molecule has 0 saturated heterocycles. The van der Waals surface area contributed by atoms with Crippen LogP contribution >= 0.6 is 22.7 Å². The Morgan fingerprint density at radius 1 is 0.479 bits per heavy atom. The maximum absolute atomic E-state index is 13.4. The van der Waals surface area contributed by atoms with Gasteiger partial charge in [0.1, 0.15) is 40.8 Å². The van der Waals surface area contributed by atoms with Gasteiger partial charge in [-0.1, -0.05) is 48.5 Å². The van der Waals surface area contributed by atoms with Crippen molar-refractivity contribution in [2.24, 2.45) is 0 Å². The van der Waals surface area contributed by atoms with Gasteiger partial charge in [0, 0.05) is 89.4 Å². The first-order chi connectivity index (χ1) is 48.1. The van der Waals surface area contributed by atoms with Crippen molar-refractivity contribution < 1.29 is 80.1 Å². The highest BCUT2D eigenvalue weighted by Crippen LogP contribution is 2.37. The fourth-order valence-corrected chi connectivity index (χ4v) is 11.7. The lowest BCUT2D eigenvalue weighted by Gasteiger charge is -2.23. The van der Waals surface area contributed by atoms with E-state index in [1.165, 1.54) is 28.9 Å². The summed E-state index contributed by atoms with van der Waals surface area (Å²) in [7, 11) is 0. The van der Waals surface area contributed by atoms with Crippen LogP contribution in [0, 0.1) is 0 Å². The number of hydrogen-bond donors (Lipinski definition) is 3. The van der Waals surface area contributed by atoms with Crippen LogP contribution in [0.5, 0.6) is 17.2 Å². The van der Waals surface area contributed by atoms with Gasteiger partial charge in [-0.05, 0) is 162 Å². The van der Waals surface area contributed by atoms with Crippen LogP contribution in [0.15, 0.2) is 175 Å². The van der Waals surface area contributed by atoms with Crippen LogP contribution < -0.4 is 14.2 Å². The fraction of sp³-hybridized carbons (Fsp3) is 0.365. The molecule has 6 aromatic heterocycles. The summed E-state index contributed by atoms with van der Waals surface area (Å²) in [5.74, 6) is 0.826. The number of aromatic nitrogens is 1. The number of nitrogens with zero attached hydrogens (tertiary/aromatic N) is 4. The molecule has 9 aromatic rings. The molecule has 0 spiro atoms. The van der Waals surface area contributed by atoms with Crippen LogP contribution in [-0.4, -0.2) is 109 Å². The molecule has 3 N–H and O–H groups in total. The van der Waals surface area contributed by atoms with E-state index in [4.69, 9.17) is 51.3 Å². The molecule has 20 nitrogen and oxygen atoms in total. The number of carbonyl (C=O) groups is 6. The minimum atomic E-state index is -0.939. The van der Waals surface area contributed by atoms with Crippen LogP contribution in [0.3, 0.4) is 0 Å². The van der Waals surface area contributed by atoms with Crippen LogP contribution in [0.2, 0.25) is 0 Å². The molecule has 22 heteroatoms. The molecule has 0 radical (unpaired) electrons. The number of thiazole rings is 1. The van der Waals surface area contributed by atoms with Gasteiger partial charge in [-0.15, -0.1) is 22.7 Å². The second-order valence-electron chi connectivity index (χ2n) is 23.4. The predicted molar refractivity (Wildman–Crippen MR) is 361 cm³/mol. The van der Waals surface area contributed by atoms with Gasteiger partial charge in [0.15, 0.2) is 10.8 Å². The lowest BCUT2D eigenvalue weighted by Crippen LogP contribution is -2.32. The van der Waals surface area contributed by atoms with Crippen molar-refractivity contribution in [1.82, 2.24) is 19.7 Å². The second kappa shape index (κ2) is 35.2. The molecule has 3 unspecified atom stereocenters. The first kappa shape index (κ1) is 65.0. The third-order valence-corrected chi connectivity index (χ3v) is 17.5. The summed E-state index contributed by atoms with van der Waals surface area (Å²) in [4.78, 5) is 81.8. The Labute approximate surface area is 569 Å². The summed E-state index contributed by atoms with van der Waals surface area (Å²) in [6, 6.07) is 34.4. The zero-order valence-corrected chi connectivity index (χ0v) is 54.7. The zero-order chi connectivity index (χ0) is 69.6. The summed E-state index contributed by atoms with van der Waals surface area (Å²) in [5, 5.41) is 30.2. The van der Waals surface area contributed by atoms with Gasteiger partial charge in [-0.2, -0.15) is 0 Å². The third kappa shape index (κ3) is 20.9. The molecular formula is C74H80N4O16S2. The molecular weight excluding hydrogens is 1260 g/mol. The molecule has 3 amide bonds. The summed E-state index contributed by atoms with van der Waals surface area (Å²) >= 11 is 2.71. The highest BCUT2D eigenvalue weighted by Gasteiger charge is 2.37. The van der Waals surface area contributed by atoms with Crippen molar-refractivity contribution in [1.29, 1.82) is 0 Å². The van der Waals surface area contributed by atoms with E-state index >= 15 is 0 Å². The number of carboxylic acids is 3. The highest BCUT2D eigenvalue weighted by atomic mass is 32.1. The maximum atomic E-state index is 13.4. The molecule has 504 valence electrons. The van der Waals surface area contributed by atoms with Gasteiger partial charge < -0.3 is 61.9 Å². The Balaban J connectivity index is 0.000000161. The number of furan rings is 4. The summed E-state index contributed by atoms with van der Waals surface area (Å²) in [6.45, 7) is -1.38. The van der Waals surface area contributed by atoms with Crippen molar-refractivity contribution in [3.05, 3.63) is 190 Å². The number of rotatable bonds is 36. The monoisotopic (exact) mass is 1350 g/mol. The molecule has 3 fully saturated rings. The van der Waals surface area contributed by atoms with Gasteiger partial charge in [-0.25, -0.2) is 4.98 Å². The van der Waals surface area contributed by atoms with Crippen molar-refractivity contribution >= 4 is 58.3 Å². The minimum absolute atomic E-state index is 0.0127. The molecule has 3 aromatic carbocycles. The predicted octanol–water partition coefficient (Wildman–Crippen LogP) is 16.4. The van der Waals surface area contributed by atoms with E-state index in [1.54, 1.807) is 88.2 Å². The van der Waals surface area contributed by atoms with Crippen molar-refractivity contribution in [2.45, 2.75) is 153 Å². The Morgan fingerprint density at radius 2 is 0.938 bits per heavy atom. The fourth-order valence-electron chi connectivity index (χ4n) is 10.2. The van der Waals surface area contributed by atoms with E-state index in [1.807, 2.05) is 77.5 Å². The first-order valence-corrected chi connectivity index (χ1v) is 34.2. The van der Waals surface area contributed by atoms with Gasteiger partial charge in [0.25, 0.3) is 17.7 Å². The van der Waals surface area contributed by atoms with Crippen LogP contribution in [0.4, 0.5) is 0 Å². The summed E-state index contributed by atoms with van der Waals surface area (Å²) in [6.07, 6.45) is 19.9. The van der Waals surface area contributed by atoms with Crippen molar-refractivity contribution in [3.63, 3.8) is 0 Å². The molecule has 0 bridgehead atoms. The minimum Gasteiger partial charge on any atom is -0.493 e. The normalized spacial score (nSPS) is 14.6. The number of carbonyl (C=O) groups excluding carboxylic acids is 3. The lowest BCUT2D eigenvalue weighted by molar-refractivity contribution is -0.138. The largest absolute Gasteiger partial charge is 0.493 e.